The van der Waals surface area contributed by atoms with Crippen LogP contribution in [0.25, 0.3) is 28.1 Å². The average Bonchev–Trinajstić information content (AvgIpc) is 2.97. The maximum Gasteiger partial charge on any atom is 0.213 e. The van der Waals surface area contributed by atoms with E-state index >= 15 is 0 Å². The van der Waals surface area contributed by atoms with E-state index in [0.29, 0.717) is 0 Å². The molecule has 2 heterocycles. The van der Waals surface area contributed by atoms with Gasteiger partial charge in [0.05, 0.1) is 5.69 Å². The van der Waals surface area contributed by atoms with Crippen molar-refractivity contribution in [3.05, 3.63) is 139 Å². The molecule has 0 aliphatic heterocycles. The third-order valence-electron chi connectivity index (χ3n) is 5.93. The maximum absolute atomic E-state index is 4.25. The molecule has 196 valence electrons. The Morgan fingerprint density at radius 1 is 0.816 bits per heavy atom. The second-order valence-corrected chi connectivity index (χ2v) is 8.84. The number of rotatable bonds is 6. The molecule has 0 amide bonds. The summed E-state index contributed by atoms with van der Waals surface area (Å²) in [6.07, 6.45) is 17.0. The zero-order valence-electron chi connectivity index (χ0n) is 23.9. The summed E-state index contributed by atoms with van der Waals surface area (Å²) in [6, 6.07) is 29.0. The van der Waals surface area contributed by atoms with E-state index < -0.39 is 0 Å². The van der Waals surface area contributed by atoms with Crippen molar-refractivity contribution in [2.24, 2.45) is 7.05 Å². The molecule has 2 nitrogen and oxygen atoms in total. The topological polar surface area (TPSA) is 16.8 Å². The molecule has 2 aromatic carbocycles. The van der Waals surface area contributed by atoms with Crippen molar-refractivity contribution in [2.45, 2.75) is 47.5 Å². The number of aromatic nitrogens is 2. The van der Waals surface area contributed by atoms with Gasteiger partial charge in [0.2, 0.25) is 5.69 Å². The lowest BCUT2D eigenvalue weighted by molar-refractivity contribution is -0.660. The first-order valence-corrected chi connectivity index (χ1v) is 13.5. The summed E-state index contributed by atoms with van der Waals surface area (Å²) in [5.74, 6) is 0. The zero-order valence-corrected chi connectivity index (χ0v) is 23.9. The minimum atomic E-state index is 1.03. The Balaban J connectivity index is 0.000000237. The summed E-state index contributed by atoms with van der Waals surface area (Å²) >= 11 is 0. The van der Waals surface area contributed by atoms with E-state index in [1.807, 2.05) is 42.6 Å². The Morgan fingerprint density at radius 2 is 1.47 bits per heavy atom. The van der Waals surface area contributed by atoms with Crippen LogP contribution in [-0.4, -0.2) is 4.98 Å². The van der Waals surface area contributed by atoms with E-state index in [4.69, 9.17) is 0 Å². The van der Waals surface area contributed by atoms with E-state index in [2.05, 4.69) is 136 Å². The molecule has 0 aliphatic rings. The lowest BCUT2D eigenvalue weighted by Crippen LogP contribution is -2.30. The van der Waals surface area contributed by atoms with Crippen molar-refractivity contribution in [1.82, 2.24) is 4.98 Å². The highest BCUT2D eigenvalue weighted by Gasteiger charge is 2.13. The van der Waals surface area contributed by atoms with Crippen LogP contribution in [-0.2, 0) is 7.05 Å². The molecule has 0 radical (unpaired) electrons. The molecule has 0 spiro atoms. The predicted molar refractivity (Wildman–Crippen MR) is 166 cm³/mol. The Hall–Kier alpha value is -4.04. The summed E-state index contributed by atoms with van der Waals surface area (Å²) in [4.78, 5) is 4.25. The van der Waals surface area contributed by atoms with E-state index in [1.165, 1.54) is 40.8 Å². The highest BCUT2D eigenvalue weighted by molar-refractivity contribution is 5.76. The van der Waals surface area contributed by atoms with Gasteiger partial charge in [-0.3, -0.25) is 4.98 Å². The number of nitrogens with zero attached hydrogens (tertiary/aromatic N) is 2. The third-order valence-corrected chi connectivity index (χ3v) is 5.93. The van der Waals surface area contributed by atoms with Crippen LogP contribution >= 0.6 is 0 Å². The number of pyridine rings is 2. The number of hydrogen-bond donors (Lipinski definition) is 0. The largest absolute Gasteiger partial charge is 0.256 e. The molecule has 0 aliphatic carbocycles. The van der Waals surface area contributed by atoms with Gasteiger partial charge in [-0.2, -0.15) is 0 Å². The van der Waals surface area contributed by atoms with Crippen LogP contribution in [0.4, 0.5) is 0 Å². The van der Waals surface area contributed by atoms with Gasteiger partial charge in [-0.15, -0.1) is 0 Å². The molecule has 0 unspecified atom stereocenters. The molecule has 2 aromatic heterocycles. The average molecular weight is 504 g/mol. The van der Waals surface area contributed by atoms with Crippen molar-refractivity contribution in [3.8, 4) is 22.5 Å². The molecule has 0 saturated carbocycles. The van der Waals surface area contributed by atoms with E-state index in [1.54, 1.807) is 0 Å². The van der Waals surface area contributed by atoms with Crippen LogP contribution in [0.3, 0.4) is 0 Å². The van der Waals surface area contributed by atoms with E-state index in [-0.39, 0.29) is 0 Å². The fourth-order valence-corrected chi connectivity index (χ4v) is 3.89. The molecular weight excluding hydrogens is 460 g/mol. The highest BCUT2D eigenvalue weighted by Crippen LogP contribution is 2.24. The van der Waals surface area contributed by atoms with Gasteiger partial charge >= 0.3 is 0 Å². The maximum atomic E-state index is 4.25. The monoisotopic (exact) mass is 503 g/mol. The smallest absolute Gasteiger partial charge is 0.213 e. The molecule has 0 saturated heterocycles. The van der Waals surface area contributed by atoms with Crippen LogP contribution < -0.4 is 4.57 Å². The number of allylic oxidation sites excluding steroid dienone is 6. The first-order chi connectivity index (χ1) is 18.5. The Labute approximate surface area is 230 Å². The Kier molecular flexibility index (Phi) is 13.8. The SMILES string of the molecule is C/C=C\C(=C/C)c1cc[n+](C)c(-c2ccccc2C)c1.CCC=CCC.c1ccc(-c2ccccn2)cc1. The minimum absolute atomic E-state index is 1.03. The van der Waals surface area contributed by atoms with Gasteiger partial charge in [-0.05, 0) is 68.5 Å². The lowest BCUT2D eigenvalue weighted by atomic mass is 10.00. The number of benzene rings is 2. The lowest BCUT2D eigenvalue weighted by Gasteiger charge is -2.07. The number of hydrogen-bond acceptors (Lipinski definition) is 1. The van der Waals surface area contributed by atoms with Crippen LogP contribution in [0.5, 0.6) is 0 Å². The molecule has 4 aromatic rings. The fraction of sp³-hybridized carbons (Fsp3) is 0.222. The standard InChI is InChI=1S/C19H22N.C11H9N.C6H12/c1-5-9-16(6-2)17-12-13-20(4)19(14-17)18-11-8-7-10-15(18)3;1-2-6-10(7-3-1)11-8-4-5-9-12-11;1-3-5-6-4-2/h5-14H,1-4H3;1-9H;5-6H,3-4H2,1-2H3/q+1;;/b9-5-,16-6+;;. The molecule has 0 atom stereocenters. The third kappa shape index (κ3) is 9.78. The van der Waals surface area contributed by atoms with Crippen LogP contribution in [0, 0.1) is 6.92 Å². The van der Waals surface area contributed by atoms with Gasteiger partial charge in [0.25, 0.3) is 0 Å². The molecule has 0 bridgehead atoms. The summed E-state index contributed by atoms with van der Waals surface area (Å²) in [5, 5.41) is 0. The van der Waals surface area contributed by atoms with Crippen molar-refractivity contribution in [2.75, 3.05) is 0 Å². The van der Waals surface area contributed by atoms with E-state index in [9.17, 15) is 0 Å². The number of aryl methyl sites for hydroxylation is 2. The van der Waals surface area contributed by atoms with Gasteiger partial charge < -0.3 is 0 Å². The summed E-state index contributed by atoms with van der Waals surface area (Å²) in [5.41, 5.74) is 8.52. The van der Waals surface area contributed by atoms with Crippen molar-refractivity contribution in [1.29, 1.82) is 0 Å². The second kappa shape index (κ2) is 17.4. The fourth-order valence-electron chi connectivity index (χ4n) is 3.89. The van der Waals surface area contributed by atoms with Crippen LogP contribution in [0.1, 0.15) is 51.7 Å². The van der Waals surface area contributed by atoms with Gasteiger partial charge in [0.15, 0.2) is 6.20 Å². The Morgan fingerprint density at radius 3 is 2.05 bits per heavy atom. The van der Waals surface area contributed by atoms with Gasteiger partial charge in [0.1, 0.15) is 7.05 Å². The van der Waals surface area contributed by atoms with E-state index in [0.717, 1.165) is 11.3 Å². The summed E-state index contributed by atoms with van der Waals surface area (Å²) in [7, 11) is 2.09. The minimum Gasteiger partial charge on any atom is -0.256 e. The Bertz CT molecular complexity index is 1260. The van der Waals surface area contributed by atoms with Crippen molar-refractivity contribution >= 4 is 5.57 Å². The summed E-state index contributed by atoms with van der Waals surface area (Å²) in [6.45, 7) is 10.6. The highest BCUT2D eigenvalue weighted by atomic mass is 14.9. The normalized spacial score (nSPS) is 11.1. The van der Waals surface area contributed by atoms with Gasteiger partial charge in [-0.1, -0.05) is 98.8 Å². The first-order valence-electron chi connectivity index (χ1n) is 13.5. The van der Waals surface area contributed by atoms with Crippen LogP contribution in [0.2, 0.25) is 0 Å². The molecular formula is C36H43N2+. The molecule has 4 rings (SSSR count). The first kappa shape index (κ1) is 30.2. The van der Waals surface area contributed by atoms with Gasteiger partial charge in [0, 0.05) is 29.5 Å². The van der Waals surface area contributed by atoms with Crippen molar-refractivity contribution < 1.29 is 4.57 Å². The molecule has 0 N–H and O–H groups in total. The van der Waals surface area contributed by atoms with Crippen LogP contribution in [0.15, 0.2) is 128 Å². The van der Waals surface area contributed by atoms with Gasteiger partial charge in [-0.25, -0.2) is 4.57 Å². The summed E-state index contributed by atoms with van der Waals surface area (Å²) < 4.78 is 2.18. The zero-order chi connectivity index (χ0) is 27.6. The molecule has 38 heavy (non-hydrogen) atoms. The predicted octanol–water partition coefficient (Wildman–Crippen LogP) is 9.58. The second-order valence-electron chi connectivity index (χ2n) is 8.84. The molecule has 2 heteroatoms. The molecule has 0 fully saturated rings. The quantitative estimate of drug-likeness (QED) is 0.145. The van der Waals surface area contributed by atoms with Crippen molar-refractivity contribution in [3.63, 3.8) is 0 Å².